The molecule has 1 fully saturated rings. The van der Waals surface area contributed by atoms with Gasteiger partial charge in [0.2, 0.25) is 0 Å². The van der Waals surface area contributed by atoms with Crippen molar-refractivity contribution in [1.29, 1.82) is 0 Å². The van der Waals surface area contributed by atoms with Crippen molar-refractivity contribution < 1.29 is 9.53 Å². The quantitative estimate of drug-likeness (QED) is 0.594. The van der Waals surface area contributed by atoms with E-state index in [1.54, 1.807) is 4.90 Å². The maximum Gasteiger partial charge on any atom is 0.317 e. The molecule has 1 aliphatic heterocycles. The lowest BCUT2D eigenvalue weighted by Gasteiger charge is -2.34. The molecule has 31 heavy (non-hydrogen) atoms. The number of carbonyl (C=O) groups is 1. The van der Waals surface area contributed by atoms with E-state index in [0.717, 1.165) is 57.0 Å². The zero-order valence-corrected chi connectivity index (χ0v) is 18.9. The van der Waals surface area contributed by atoms with E-state index in [2.05, 4.69) is 45.4 Å². The summed E-state index contributed by atoms with van der Waals surface area (Å²) in [6.07, 6.45) is 0.974. The highest BCUT2D eigenvalue weighted by Gasteiger charge is 2.16. The first-order valence-corrected chi connectivity index (χ1v) is 11.3. The van der Waals surface area contributed by atoms with Gasteiger partial charge in [-0.05, 0) is 43.1 Å². The molecule has 0 aromatic heterocycles. The highest BCUT2D eigenvalue weighted by atomic mass is 16.5. The molecule has 2 aromatic rings. The molecule has 0 aliphatic carbocycles. The number of piperazine rings is 1. The molecule has 1 aliphatic rings. The number of nitrogens with zero attached hydrogens (tertiary/aromatic N) is 3. The van der Waals surface area contributed by atoms with Crippen LogP contribution in [-0.4, -0.2) is 73.7 Å². The fraction of sp³-hybridized carbons (Fsp3) is 0.480. The third-order valence-corrected chi connectivity index (χ3v) is 5.64. The van der Waals surface area contributed by atoms with Crippen molar-refractivity contribution in [3.63, 3.8) is 0 Å². The molecule has 168 valence electrons. The van der Waals surface area contributed by atoms with Gasteiger partial charge < -0.3 is 19.9 Å². The Morgan fingerprint density at radius 3 is 2.32 bits per heavy atom. The summed E-state index contributed by atoms with van der Waals surface area (Å²) in [4.78, 5) is 19.1. The molecule has 0 spiro atoms. The molecule has 1 saturated heterocycles. The van der Waals surface area contributed by atoms with E-state index in [9.17, 15) is 4.79 Å². The summed E-state index contributed by atoms with van der Waals surface area (Å²) in [5.41, 5.74) is 2.47. The Hall–Kier alpha value is -2.57. The molecule has 2 amide bonds. The Bertz CT molecular complexity index is 774. The molecule has 0 bridgehead atoms. The van der Waals surface area contributed by atoms with E-state index >= 15 is 0 Å². The van der Waals surface area contributed by atoms with E-state index in [1.165, 1.54) is 5.56 Å². The Kier molecular flexibility index (Phi) is 9.18. The van der Waals surface area contributed by atoms with Crippen molar-refractivity contribution in [3.8, 4) is 5.75 Å². The molecule has 0 radical (unpaired) electrons. The highest BCUT2D eigenvalue weighted by Crippen LogP contribution is 2.13. The van der Waals surface area contributed by atoms with Gasteiger partial charge in [-0.2, -0.15) is 0 Å². The van der Waals surface area contributed by atoms with Crippen LogP contribution in [0.1, 0.15) is 24.5 Å². The first kappa shape index (κ1) is 23.1. The summed E-state index contributed by atoms with van der Waals surface area (Å²) in [7, 11) is 1.83. The topological polar surface area (TPSA) is 48.1 Å². The van der Waals surface area contributed by atoms with Crippen LogP contribution in [0.25, 0.3) is 0 Å². The molecule has 0 saturated carbocycles. The van der Waals surface area contributed by atoms with E-state index in [0.29, 0.717) is 19.7 Å². The standard InChI is InChI=1S/C25H36N4O2/c1-3-31-24-12-10-23(11-13-24)20-27(2)25(30)26-14-7-15-28-16-18-29(19-17-28)21-22-8-5-4-6-9-22/h4-6,8-13H,3,7,14-21H2,1-2H3,(H,26,30). The minimum Gasteiger partial charge on any atom is -0.494 e. The van der Waals surface area contributed by atoms with Crippen LogP contribution >= 0.6 is 0 Å². The Balaban J connectivity index is 1.27. The van der Waals surface area contributed by atoms with Gasteiger partial charge in [-0.25, -0.2) is 4.79 Å². The molecule has 6 heteroatoms. The van der Waals surface area contributed by atoms with Crippen molar-refractivity contribution in [2.75, 3.05) is 52.9 Å². The van der Waals surface area contributed by atoms with Crippen molar-refractivity contribution in [2.24, 2.45) is 0 Å². The SMILES string of the molecule is CCOc1ccc(CN(C)C(=O)NCCCN2CCN(Cc3ccccc3)CC2)cc1. The lowest BCUT2D eigenvalue weighted by Crippen LogP contribution is -2.46. The largest absolute Gasteiger partial charge is 0.494 e. The van der Waals surface area contributed by atoms with E-state index < -0.39 is 0 Å². The van der Waals surface area contributed by atoms with Gasteiger partial charge in [0.05, 0.1) is 6.61 Å². The lowest BCUT2D eigenvalue weighted by molar-refractivity contribution is 0.126. The maximum absolute atomic E-state index is 12.4. The van der Waals surface area contributed by atoms with Crippen LogP contribution in [-0.2, 0) is 13.1 Å². The van der Waals surface area contributed by atoms with Crippen LogP contribution in [0.4, 0.5) is 4.79 Å². The summed E-state index contributed by atoms with van der Waals surface area (Å²) >= 11 is 0. The second-order valence-corrected chi connectivity index (χ2v) is 8.12. The van der Waals surface area contributed by atoms with Gasteiger partial charge in [0.15, 0.2) is 0 Å². The Morgan fingerprint density at radius 1 is 0.968 bits per heavy atom. The van der Waals surface area contributed by atoms with Crippen LogP contribution in [0.3, 0.4) is 0 Å². The fourth-order valence-electron chi connectivity index (χ4n) is 3.85. The minimum absolute atomic E-state index is 0.0263. The number of urea groups is 1. The summed E-state index contributed by atoms with van der Waals surface area (Å²) < 4.78 is 5.46. The zero-order valence-electron chi connectivity index (χ0n) is 18.9. The summed E-state index contributed by atoms with van der Waals surface area (Å²) in [6, 6.07) is 18.6. The van der Waals surface area contributed by atoms with Gasteiger partial charge in [0.1, 0.15) is 5.75 Å². The summed E-state index contributed by atoms with van der Waals surface area (Å²) in [5, 5.41) is 3.04. The monoisotopic (exact) mass is 424 g/mol. The van der Waals surface area contributed by atoms with Crippen molar-refractivity contribution in [2.45, 2.75) is 26.4 Å². The molecular formula is C25H36N4O2. The van der Waals surface area contributed by atoms with E-state index in [-0.39, 0.29) is 6.03 Å². The van der Waals surface area contributed by atoms with E-state index in [4.69, 9.17) is 4.74 Å². The molecule has 1 N–H and O–H groups in total. The third kappa shape index (κ3) is 7.89. The number of rotatable bonds is 10. The average molecular weight is 425 g/mol. The molecular weight excluding hydrogens is 388 g/mol. The number of amides is 2. The van der Waals surface area contributed by atoms with Gasteiger partial charge in [0, 0.05) is 52.9 Å². The smallest absolute Gasteiger partial charge is 0.317 e. The van der Waals surface area contributed by atoms with Crippen LogP contribution in [0.5, 0.6) is 5.75 Å². The molecule has 2 aromatic carbocycles. The number of benzene rings is 2. The first-order valence-electron chi connectivity index (χ1n) is 11.3. The molecule has 3 rings (SSSR count). The highest BCUT2D eigenvalue weighted by molar-refractivity contribution is 5.73. The number of ether oxygens (including phenoxy) is 1. The second kappa shape index (κ2) is 12.3. The molecule has 0 unspecified atom stereocenters. The average Bonchev–Trinajstić information content (AvgIpc) is 2.80. The van der Waals surface area contributed by atoms with Gasteiger partial charge in [-0.1, -0.05) is 42.5 Å². The second-order valence-electron chi connectivity index (χ2n) is 8.12. The van der Waals surface area contributed by atoms with Gasteiger partial charge in [-0.15, -0.1) is 0 Å². The Labute approximate surface area is 186 Å². The summed E-state index contributed by atoms with van der Waals surface area (Å²) in [5.74, 6) is 0.860. The van der Waals surface area contributed by atoms with E-state index in [1.807, 2.05) is 38.2 Å². The number of nitrogens with one attached hydrogen (secondary N) is 1. The van der Waals surface area contributed by atoms with Crippen LogP contribution < -0.4 is 10.1 Å². The van der Waals surface area contributed by atoms with Crippen LogP contribution in [0.15, 0.2) is 54.6 Å². The van der Waals surface area contributed by atoms with Crippen molar-refractivity contribution in [3.05, 3.63) is 65.7 Å². The molecule has 6 nitrogen and oxygen atoms in total. The predicted molar refractivity (Wildman–Crippen MR) is 125 cm³/mol. The van der Waals surface area contributed by atoms with Crippen LogP contribution in [0, 0.1) is 0 Å². The number of carbonyl (C=O) groups excluding carboxylic acids is 1. The van der Waals surface area contributed by atoms with Gasteiger partial charge >= 0.3 is 6.03 Å². The van der Waals surface area contributed by atoms with Crippen molar-refractivity contribution >= 4 is 6.03 Å². The van der Waals surface area contributed by atoms with Crippen LogP contribution in [0.2, 0.25) is 0 Å². The number of hydrogen-bond donors (Lipinski definition) is 1. The maximum atomic E-state index is 12.4. The molecule has 0 atom stereocenters. The summed E-state index contributed by atoms with van der Waals surface area (Å²) in [6.45, 7) is 10.4. The predicted octanol–water partition coefficient (Wildman–Crippen LogP) is 3.43. The number of hydrogen-bond acceptors (Lipinski definition) is 4. The van der Waals surface area contributed by atoms with Gasteiger partial charge in [-0.3, -0.25) is 4.90 Å². The lowest BCUT2D eigenvalue weighted by atomic mass is 10.2. The van der Waals surface area contributed by atoms with Crippen molar-refractivity contribution in [1.82, 2.24) is 20.0 Å². The fourth-order valence-corrected chi connectivity index (χ4v) is 3.85. The molecule has 1 heterocycles. The zero-order chi connectivity index (χ0) is 21.9. The first-order chi connectivity index (χ1) is 15.1. The normalized spacial score (nSPS) is 14.9. The minimum atomic E-state index is -0.0263. The van der Waals surface area contributed by atoms with Gasteiger partial charge in [0.25, 0.3) is 0 Å². The Morgan fingerprint density at radius 2 is 1.65 bits per heavy atom. The third-order valence-electron chi connectivity index (χ3n) is 5.64.